The Morgan fingerprint density at radius 3 is 2.34 bits per heavy atom. The van der Waals surface area contributed by atoms with E-state index in [1.54, 1.807) is 41.7 Å². The second-order valence-corrected chi connectivity index (χ2v) is 23.4. The van der Waals surface area contributed by atoms with E-state index in [2.05, 4.69) is 25.9 Å². The number of benzene rings is 5. The van der Waals surface area contributed by atoms with E-state index in [1.807, 2.05) is 143 Å². The quantitative estimate of drug-likeness (QED) is 0.0611. The molecule has 2 aliphatic rings. The molecule has 4 unspecified atom stereocenters. The van der Waals surface area contributed by atoms with Crippen LogP contribution in [-0.4, -0.2) is 90.9 Å². The predicted molar refractivity (Wildman–Crippen MR) is 311 cm³/mol. The summed E-state index contributed by atoms with van der Waals surface area (Å²) >= 11 is 2.98. The number of likely N-dealkylation sites (tertiary alicyclic amines) is 1. The van der Waals surface area contributed by atoms with E-state index in [-0.39, 0.29) is 48.8 Å². The number of nitrogens with one attached hydrogen (secondary N) is 3. The van der Waals surface area contributed by atoms with Gasteiger partial charge in [-0.25, -0.2) is 19.7 Å². The lowest BCUT2D eigenvalue weighted by atomic mass is 9.85. The minimum Gasteiger partial charge on any atom is -0.476 e. The number of para-hydroxylation sites is 1. The van der Waals surface area contributed by atoms with Gasteiger partial charge in [-0.3, -0.25) is 24.5 Å². The number of thiazole rings is 2. The molecule has 16 nitrogen and oxygen atoms in total. The number of anilines is 2. The third-order valence-electron chi connectivity index (χ3n) is 14.9. The Morgan fingerprint density at radius 2 is 1.61 bits per heavy atom. The number of carbonyl (C=O) groups excluding carboxylic acids is 4. The number of nitrogens with zero attached hydrogens (tertiary/aromatic N) is 5. The van der Waals surface area contributed by atoms with Crippen LogP contribution in [0.5, 0.6) is 11.5 Å². The number of hydrogen-bond donors (Lipinski definition) is 5. The Kier molecular flexibility index (Phi) is 15.9. The van der Waals surface area contributed by atoms with Crippen LogP contribution < -0.4 is 25.6 Å². The maximum atomic E-state index is 14.3. The topological polar surface area (TPSA) is 216 Å². The van der Waals surface area contributed by atoms with Gasteiger partial charge in [-0.1, -0.05) is 105 Å². The molecule has 0 spiro atoms. The summed E-state index contributed by atoms with van der Waals surface area (Å²) in [4.78, 5) is 86.4. The fourth-order valence-corrected chi connectivity index (χ4v) is 12.1. The molecule has 5 aromatic carbocycles. The van der Waals surface area contributed by atoms with E-state index in [4.69, 9.17) is 9.72 Å². The molecule has 18 heteroatoms. The summed E-state index contributed by atoms with van der Waals surface area (Å²) in [6, 6.07) is 35.4. The Hall–Kier alpha value is -8.32. The average molecular weight is 1110 g/mol. The standard InChI is InChI=1S/C62H62N8O8S2/c1-35-44(45-26-27-52(66-54(45)60(76)77)69-30-29-40-11-9-13-46(47(40)33-69)57(73)68-61-65-48-14-7-8-16-51(48)80-61)12-10-15-50(35)78-43-24-17-38(18-25-43)19-28-53(72)67-56(62(4,5)6)59(75)70-32-42(71)31-49(70)58(74)64-36(2)39-20-22-41(23-21-39)55-37(3)63-34-79-55/h7-18,20-27,34,36,42,49,56,71H,19,28-33H2,1-6H3,(H,64,74)(H,67,72)(H,76,77)(H,65,68,73). The summed E-state index contributed by atoms with van der Waals surface area (Å²) in [7, 11) is 0. The van der Waals surface area contributed by atoms with Crippen LogP contribution in [0.25, 0.3) is 31.8 Å². The zero-order valence-corrected chi connectivity index (χ0v) is 46.9. The van der Waals surface area contributed by atoms with Crippen molar-refractivity contribution < 1.29 is 38.9 Å². The second kappa shape index (κ2) is 23.2. The second-order valence-electron chi connectivity index (χ2n) is 21.5. The third kappa shape index (κ3) is 12.0. The highest BCUT2D eigenvalue weighted by atomic mass is 32.1. The van der Waals surface area contributed by atoms with Crippen molar-refractivity contribution in [2.24, 2.45) is 5.41 Å². The number of pyridine rings is 1. The summed E-state index contributed by atoms with van der Waals surface area (Å²) in [5, 5.41) is 30.8. The van der Waals surface area contributed by atoms with Crippen molar-refractivity contribution >= 4 is 73.4 Å². The molecule has 1 saturated heterocycles. The number of amides is 4. The van der Waals surface area contributed by atoms with Crippen molar-refractivity contribution in [2.45, 2.75) is 98.0 Å². The van der Waals surface area contributed by atoms with E-state index >= 15 is 0 Å². The molecule has 0 bridgehead atoms. The maximum absolute atomic E-state index is 14.3. The molecule has 410 valence electrons. The number of aryl methyl sites for hydroxylation is 2. The number of ether oxygens (including phenoxy) is 1. The van der Waals surface area contributed by atoms with Gasteiger partial charge in [0.05, 0.1) is 38.4 Å². The maximum Gasteiger partial charge on any atom is 0.355 e. The molecular formula is C62H62N8O8S2. The van der Waals surface area contributed by atoms with Crippen molar-refractivity contribution in [3.63, 3.8) is 0 Å². The molecule has 8 aromatic rings. The molecule has 4 atom stereocenters. The van der Waals surface area contributed by atoms with Crippen molar-refractivity contribution in [2.75, 3.05) is 23.3 Å². The number of rotatable bonds is 16. The van der Waals surface area contributed by atoms with E-state index in [0.29, 0.717) is 70.6 Å². The normalized spacial score (nSPS) is 15.9. The molecule has 80 heavy (non-hydrogen) atoms. The van der Waals surface area contributed by atoms with Gasteiger partial charge in [-0.2, -0.15) is 0 Å². The van der Waals surface area contributed by atoms with Gasteiger partial charge in [-0.15, -0.1) is 11.3 Å². The van der Waals surface area contributed by atoms with Gasteiger partial charge >= 0.3 is 5.97 Å². The summed E-state index contributed by atoms with van der Waals surface area (Å²) in [5.41, 5.74) is 9.73. The van der Waals surface area contributed by atoms with Crippen molar-refractivity contribution in [1.82, 2.24) is 30.5 Å². The number of aromatic carboxylic acids is 1. The van der Waals surface area contributed by atoms with Crippen molar-refractivity contribution in [1.29, 1.82) is 0 Å². The van der Waals surface area contributed by atoms with Crippen molar-refractivity contribution in [3.05, 3.63) is 172 Å². The first-order valence-corrected chi connectivity index (χ1v) is 28.3. The van der Waals surface area contributed by atoms with Gasteiger partial charge < -0.3 is 35.4 Å². The first kappa shape index (κ1) is 55.0. The van der Waals surface area contributed by atoms with Crippen LogP contribution in [0.2, 0.25) is 0 Å². The first-order valence-electron chi connectivity index (χ1n) is 26.6. The van der Waals surface area contributed by atoms with Gasteiger partial charge in [0, 0.05) is 43.6 Å². The number of carbonyl (C=O) groups is 5. The first-order chi connectivity index (χ1) is 38.4. The molecule has 1 fully saturated rings. The van der Waals surface area contributed by atoms with Gasteiger partial charge in [0.2, 0.25) is 17.7 Å². The number of fused-ring (bicyclic) bond motifs is 2. The Labute approximate surface area is 471 Å². The molecule has 3 aromatic heterocycles. The minimum absolute atomic E-state index is 0.0307. The van der Waals surface area contributed by atoms with Gasteiger partial charge in [0.15, 0.2) is 10.8 Å². The lowest BCUT2D eigenvalue weighted by Gasteiger charge is -2.35. The number of aliphatic hydroxyl groups is 1. The zero-order chi connectivity index (χ0) is 56.4. The lowest BCUT2D eigenvalue weighted by Crippen LogP contribution is -2.57. The Bertz CT molecular complexity index is 3610. The Balaban J connectivity index is 0.754. The molecule has 2 aliphatic heterocycles. The largest absolute Gasteiger partial charge is 0.476 e. The molecule has 5 heterocycles. The fraction of sp³-hybridized carbons (Fsp3) is 0.290. The van der Waals surface area contributed by atoms with Crippen LogP contribution >= 0.6 is 22.7 Å². The molecular weight excluding hydrogens is 1050 g/mol. The number of aromatic nitrogens is 3. The summed E-state index contributed by atoms with van der Waals surface area (Å²) < 4.78 is 7.34. The van der Waals surface area contributed by atoms with Crippen LogP contribution in [-0.2, 0) is 33.8 Å². The van der Waals surface area contributed by atoms with E-state index in [0.717, 1.165) is 48.6 Å². The highest BCUT2D eigenvalue weighted by Crippen LogP contribution is 2.37. The molecule has 10 rings (SSSR count). The fourth-order valence-electron chi connectivity index (χ4n) is 10.5. The summed E-state index contributed by atoms with van der Waals surface area (Å²) in [6.07, 6.45) is 0.275. The Morgan fingerprint density at radius 1 is 0.850 bits per heavy atom. The number of carboxylic acid groups (broad SMARTS) is 1. The number of carboxylic acids is 1. The average Bonchev–Trinajstić information content (AvgIpc) is 4.22. The van der Waals surface area contributed by atoms with Crippen LogP contribution in [0, 0.1) is 19.3 Å². The minimum atomic E-state index is -1.18. The van der Waals surface area contributed by atoms with Crippen LogP contribution in [0.1, 0.15) is 101 Å². The number of hydrogen-bond acceptors (Lipinski definition) is 13. The summed E-state index contributed by atoms with van der Waals surface area (Å²) in [5.74, 6) is -1.07. The predicted octanol–water partition coefficient (Wildman–Crippen LogP) is 10.7. The molecule has 0 aliphatic carbocycles. The van der Waals surface area contributed by atoms with Gasteiger partial charge in [-0.05, 0) is 127 Å². The lowest BCUT2D eigenvalue weighted by molar-refractivity contribution is -0.144. The van der Waals surface area contributed by atoms with E-state index < -0.39 is 35.5 Å². The molecule has 5 N–H and O–H groups in total. The van der Waals surface area contributed by atoms with E-state index in [1.165, 1.54) is 16.2 Å². The van der Waals surface area contributed by atoms with Crippen LogP contribution in [0.3, 0.4) is 0 Å². The van der Waals surface area contributed by atoms with E-state index in [9.17, 15) is 34.2 Å². The molecule has 0 radical (unpaired) electrons. The van der Waals surface area contributed by atoms with Crippen LogP contribution in [0.15, 0.2) is 127 Å². The summed E-state index contributed by atoms with van der Waals surface area (Å²) in [6.45, 7) is 12.2. The zero-order valence-electron chi connectivity index (χ0n) is 45.3. The monoisotopic (exact) mass is 1110 g/mol. The molecule has 0 saturated carbocycles. The number of β-amino-alcohol motifs (C(OH)–C–C–N with tert-alkyl or cyclic N) is 1. The van der Waals surface area contributed by atoms with Crippen LogP contribution in [0.4, 0.5) is 10.9 Å². The van der Waals surface area contributed by atoms with Gasteiger partial charge in [0.25, 0.3) is 5.91 Å². The SMILES string of the molecule is Cc1ncsc1-c1ccc(C(C)NC(=O)C2CC(O)CN2C(=O)C(NC(=O)CCc2ccc(Oc3cccc(-c4ccc(N5CCc6cccc(C(=O)Nc7nc8ccccc8s7)c6C5)nc4C(=O)O)c3C)cc2)C(C)(C)C)cc1. The highest BCUT2D eigenvalue weighted by molar-refractivity contribution is 7.22. The smallest absolute Gasteiger partial charge is 0.355 e. The van der Waals surface area contributed by atoms with Crippen molar-refractivity contribution in [3.8, 4) is 33.1 Å². The third-order valence-corrected chi connectivity index (χ3v) is 16.8. The van der Waals surface area contributed by atoms with Gasteiger partial charge in [0.1, 0.15) is 29.4 Å². The molecule has 4 amide bonds. The number of aliphatic hydroxyl groups excluding tert-OH is 1. The highest BCUT2D eigenvalue weighted by Gasteiger charge is 2.45.